The molecule has 0 fully saturated rings. The Morgan fingerprint density at radius 1 is 1.22 bits per heavy atom. The molecule has 0 radical (unpaired) electrons. The van der Waals surface area contributed by atoms with E-state index in [1.165, 1.54) is 12.1 Å². The van der Waals surface area contributed by atoms with E-state index in [0.717, 1.165) is 16.2 Å². The van der Waals surface area contributed by atoms with Crippen LogP contribution in [0, 0.1) is 5.82 Å². The second-order valence-corrected chi connectivity index (χ2v) is 4.87. The second-order valence-electron chi connectivity index (χ2n) is 3.82. The van der Waals surface area contributed by atoms with Gasteiger partial charge in [0.1, 0.15) is 11.6 Å². The fourth-order valence-corrected chi connectivity index (χ4v) is 2.55. The standard InChI is InChI=1S/C14H14FNOS/c1-17-14-6-5-12(16)7-10(14)9-18-13-4-2-3-11(15)8-13/h2-8H,9,16H2,1H3. The maximum atomic E-state index is 13.0. The lowest BCUT2D eigenvalue weighted by Crippen LogP contribution is -1.93. The van der Waals surface area contributed by atoms with Crippen LogP contribution in [0.5, 0.6) is 5.75 Å². The maximum absolute atomic E-state index is 13.0. The minimum atomic E-state index is -0.223. The second kappa shape index (κ2) is 5.78. The molecule has 0 saturated heterocycles. The molecule has 2 nitrogen and oxygen atoms in total. The highest BCUT2D eigenvalue weighted by molar-refractivity contribution is 7.98. The van der Waals surface area contributed by atoms with Gasteiger partial charge in [0.15, 0.2) is 0 Å². The van der Waals surface area contributed by atoms with Gasteiger partial charge in [-0.1, -0.05) is 6.07 Å². The number of anilines is 1. The molecule has 18 heavy (non-hydrogen) atoms. The Kier molecular flexibility index (Phi) is 4.10. The Morgan fingerprint density at radius 3 is 2.78 bits per heavy atom. The van der Waals surface area contributed by atoms with Gasteiger partial charge in [0.2, 0.25) is 0 Å². The largest absolute Gasteiger partial charge is 0.496 e. The zero-order chi connectivity index (χ0) is 13.0. The van der Waals surface area contributed by atoms with E-state index in [2.05, 4.69) is 0 Å². The molecule has 0 aliphatic heterocycles. The summed E-state index contributed by atoms with van der Waals surface area (Å²) < 4.78 is 18.3. The number of benzene rings is 2. The summed E-state index contributed by atoms with van der Waals surface area (Å²) in [6.45, 7) is 0. The summed E-state index contributed by atoms with van der Waals surface area (Å²) in [5.41, 5.74) is 7.46. The monoisotopic (exact) mass is 263 g/mol. The van der Waals surface area contributed by atoms with Gasteiger partial charge in [-0.3, -0.25) is 0 Å². The van der Waals surface area contributed by atoms with E-state index in [-0.39, 0.29) is 5.82 Å². The average Bonchev–Trinajstić information content (AvgIpc) is 2.37. The number of nitrogen functional groups attached to an aromatic ring is 1. The molecule has 2 aromatic carbocycles. The van der Waals surface area contributed by atoms with Crippen LogP contribution in [-0.4, -0.2) is 7.11 Å². The fourth-order valence-electron chi connectivity index (χ4n) is 1.63. The lowest BCUT2D eigenvalue weighted by molar-refractivity contribution is 0.411. The summed E-state index contributed by atoms with van der Waals surface area (Å²) in [5, 5.41) is 0. The summed E-state index contributed by atoms with van der Waals surface area (Å²) in [5.74, 6) is 1.27. The molecule has 0 spiro atoms. The number of nitrogens with two attached hydrogens (primary N) is 1. The first-order chi connectivity index (χ1) is 8.69. The molecule has 2 N–H and O–H groups in total. The smallest absolute Gasteiger partial charge is 0.124 e. The van der Waals surface area contributed by atoms with Crippen LogP contribution in [0.4, 0.5) is 10.1 Å². The number of thioether (sulfide) groups is 1. The lowest BCUT2D eigenvalue weighted by atomic mass is 10.2. The van der Waals surface area contributed by atoms with Gasteiger partial charge in [-0.2, -0.15) is 0 Å². The van der Waals surface area contributed by atoms with Crippen LogP contribution >= 0.6 is 11.8 Å². The Hall–Kier alpha value is -1.68. The zero-order valence-corrected chi connectivity index (χ0v) is 10.8. The molecule has 0 atom stereocenters. The predicted molar refractivity (Wildman–Crippen MR) is 73.4 cm³/mol. The normalized spacial score (nSPS) is 10.3. The highest BCUT2D eigenvalue weighted by atomic mass is 32.2. The molecule has 0 aliphatic rings. The van der Waals surface area contributed by atoms with Crippen molar-refractivity contribution in [2.45, 2.75) is 10.6 Å². The molecule has 0 heterocycles. The molecule has 0 amide bonds. The molecule has 2 aromatic rings. The van der Waals surface area contributed by atoms with Gasteiger partial charge < -0.3 is 10.5 Å². The highest BCUT2D eigenvalue weighted by Crippen LogP contribution is 2.29. The summed E-state index contributed by atoms with van der Waals surface area (Å²) in [6, 6.07) is 12.1. The highest BCUT2D eigenvalue weighted by Gasteiger charge is 2.05. The predicted octanol–water partition coefficient (Wildman–Crippen LogP) is 3.71. The van der Waals surface area contributed by atoms with Gasteiger partial charge in [-0.05, 0) is 36.4 Å². The first-order valence-corrected chi connectivity index (χ1v) is 6.48. The summed E-state index contributed by atoms with van der Waals surface area (Å²) in [7, 11) is 1.63. The van der Waals surface area contributed by atoms with Crippen LogP contribution in [0.15, 0.2) is 47.4 Å². The van der Waals surface area contributed by atoms with E-state index >= 15 is 0 Å². The zero-order valence-electron chi connectivity index (χ0n) is 10.0. The molecule has 0 aromatic heterocycles. The minimum Gasteiger partial charge on any atom is -0.496 e. The SMILES string of the molecule is COc1ccc(N)cc1CSc1cccc(F)c1. The number of hydrogen-bond acceptors (Lipinski definition) is 3. The quantitative estimate of drug-likeness (QED) is 0.674. The number of ether oxygens (including phenoxy) is 1. The number of halogens is 1. The van der Waals surface area contributed by atoms with E-state index < -0.39 is 0 Å². The van der Waals surface area contributed by atoms with E-state index in [0.29, 0.717) is 11.4 Å². The molecule has 0 saturated carbocycles. The minimum absolute atomic E-state index is 0.223. The van der Waals surface area contributed by atoms with Crippen LogP contribution in [0.25, 0.3) is 0 Å². The molecule has 2 rings (SSSR count). The molecule has 0 bridgehead atoms. The van der Waals surface area contributed by atoms with Gasteiger partial charge in [-0.25, -0.2) is 4.39 Å². The van der Waals surface area contributed by atoms with Crippen molar-refractivity contribution >= 4 is 17.4 Å². The van der Waals surface area contributed by atoms with E-state index in [1.807, 2.05) is 18.2 Å². The topological polar surface area (TPSA) is 35.2 Å². The van der Waals surface area contributed by atoms with Gasteiger partial charge >= 0.3 is 0 Å². The van der Waals surface area contributed by atoms with Crippen molar-refractivity contribution in [1.82, 2.24) is 0 Å². The average molecular weight is 263 g/mol. The molecular formula is C14H14FNOS. The number of hydrogen-bond donors (Lipinski definition) is 1. The molecule has 94 valence electrons. The Bertz CT molecular complexity index is 545. The first kappa shape index (κ1) is 12.8. The Labute approximate surface area is 110 Å². The van der Waals surface area contributed by atoms with Crippen LogP contribution < -0.4 is 10.5 Å². The fraction of sp³-hybridized carbons (Fsp3) is 0.143. The van der Waals surface area contributed by atoms with Crippen molar-refractivity contribution in [3.05, 3.63) is 53.8 Å². The summed E-state index contributed by atoms with van der Waals surface area (Å²) in [6.07, 6.45) is 0. The van der Waals surface area contributed by atoms with E-state index in [9.17, 15) is 4.39 Å². The first-order valence-electron chi connectivity index (χ1n) is 5.50. The Balaban J connectivity index is 2.12. The Morgan fingerprint density at radius 2 is 2.06 bits per heavy atom. The van der Waals surface area contributed by atoms with E-state index in [1.54, 1.807) is 31.0 Å². The van der Waals surface area contributed by atoms with Crippen molar-refractivity contribution < 1.29 is 9.13 Å². The molecule has 0 aliphatic carbocycles. The van der Waals surface area contributed by atoms with Crippen molar-refractivity contribution in [3.8, 4) is 5.75 Å². The molecule has 0 unspecified atom stereocenters. The summed E-state index contributed by atoms with van der Waals surface area (Å²) in [4.78, 5) is 0.888. The van der Waals surface area contributed by atoms with Gasteiger partial charge in [0.25, 0.3) is 0 Å². The number of methoxy groups -OCH3 is 1. The van der Waals surface area contributed by atoms with Crippen LogP contribution in [-0.2, 0) is 5.75 Å². The third kappa shape index (κ3) is 3.17. The van der Waals surface area contributed by atoms with Gasteiger partial charge in [-0.15, -0.1) is 11.8 Å². The van der Waals surface area contributed by atoms with Crippen LogP contribution in [0.2, 0.25) is 0 Å². The van der Waals surface area contributed by atoms with Crippen molar-refractivity contribution in [2.24, 2.45) is 0 Å². The van der Waals surface area contributed by atoms with Gasteiger partial charge in [0.05, 0.1) is 7.11 Å². The maximum Gasteiger partial charge on any atom is 0.124 e. The van der Waals surface area contributed by atoms with E-state index in [4.69, 9.17) is 10.5 Å². The molecule has 4 heteroatoms. The number of rotatable bonds is 4. The third-order valence-corrected chi connectivity index (χ3v) is 3.54. The van der Waals surface area contributed by atoms with Crippen molar-refractivity contribution in [2.75, 3.05) is 12.8 Å². The van der Waals surface area contributed by atoms with Crippen LogP contribution in [0.3, 0.4) is 0 Å². The summed E-state index contributed by atoms with van der Waals surface area (Å²) >= 11 is 1.55. The molecular weight excluding hydrogens is 249 g/mol. The van der Waals surface area contributed by atoms with Crippen LogP contribution in [0.1, 0.15) is 5.56 Å². The van der Waals surface area contributed by atoms with Crippen molar-refractivity contribution in [1.29, 1.82) is 0 Å². The lowest BCUT2D eigenvalue weighted by Gasteiger charge is -2.09. The van der Waals surface area contributed by atoms with Gasteiger partial charge in [0, 0.05) is 21.9 Å². The third-order valence-electron chi connectivity index (χ3n) is 2.49. The van der Waals surface area contributed by atoms with Crippen molar-refractivity contribution in [3.63, 3.8) is 0 Å².